The van der Waals surface area contributed by atoms with Gasteiger partial charge in [-0.3, -0.25) is 0 Å². The molecule has 0 bridgehead atoms. The molecule has 0 atom stereocenters. The maximum atomic E-state index is 13.9. The van der Waals surface area contributed by atoms with Gasteiger partial charge in [0.15, 0.2) is 0 Å². The highest BCUT2D eigenvalue weighted by atomic mass is 32.1. The van der Waals surface area contributed by atoms with Crippen molar-refractivity contribution >= 4 is 22.9 Å². The number of benzene rings is 1. The molecule has 0 spiro atoms. The maximum absolute atomic E-state index is 13.9. The lowest BCUT2D eigenvalue weighted by molar-refractivity contribution is -0.120. The third-order valence-electron chi connectivity index (χ3n) is 2.88. The smallest absolute Gasteiger partial charge is 0.389 e. The van der Waals surface area contributed by atoms with E-state index in [-0.39, 0.29) is 16.7 Å². The molecule has 2 rings (SSSR count). The van der Waals surface area contributed by atoms with Gasteiger partial charge in [-0.05, 0) is 31.0 Å². The van der Waals surface area contributed by atoms with Crippen LogP contribution in [0.3, 0.4) is 0 Å². The Morgan fingerprint density at radius 2 is 2.00 bits per heavy atom. The predicted octanol–water partition coefficient (Wildman–Crippen LogP) is 2.99. The van der Waals surface area contributed by atoms with Gasteiger partial charge in [-0.2, -0.15) is 13.2 Å². The third-order valence-corrected chi connectivity index (χ3v) is 3.11. The van der Waals surface area contributed by atoms with Crippen LogP contribution in [0.1, 0.15) is 18.4 Å². The van der Waals surface area contributed by atoms with Crippen LogP contribution >= 0.6 is 12.2 Å². The van der Waals surface area contributed by atoms with Crippen LogP contribution in [-0.4, -0.2) is 23.8 Å². The number of halogens is 4. The van der Waals surface area contributed by atoms with Gasteiger partial charge in [0.2, 0.25) is 0 Å². The lowest BCUT2D eigenvalue weighted by Gasteiger charge is -2.26. The summed E-state index contributed by atoms with van der Waals surface area (Å²) in [6.45, 7) is -1.15. The van der Waals surface area contributed by atoms with Gasteiger partial charge in [-0.1, -0.05) is 12.2 Å². The van der Waals surface area contributed by atoms with E-state index in [2.05, 4.69) is 0 Å². The highest BCUT2D eigenvalue weighted by Gasteiger charge is 2.39. The van der Waals surface area contributed by atoms with E-state index in [1.807, 2.05) is 0 Å². The Morgan fingerprint density at radius 3 is 2.42 bits per heavy atom. The van der Waals surface area contributed by atoms with Crippen LogP contribution < -0.4 is 10.6 Å². The second-order valence-electron chi connectivity index (χ2n) is 4.50. The minimum atomic E-state index is -4.36. The van der Waals surface area contributed by atoms with Gasteiger partial charge in [-0.25, -0.2) is 4.39 Å². The van der Waals surface area contributed by atoms with E-state index in [1.54, 1.807) is 0 Å². The van der Waals surface area contributed by atoms with E-state index >= 15 is 0 Å². The Labute approximate surface area is 113 Å². The van der Waals surface area contributed by atoms with Crippen LogP contribution in [0.15, 0.2) is 18.2 Å². The highest BCUT2D eigenvalue weighted by molar-refractivity contribution is 7.80. The molecule has 0 radical (unpaired) electrons. The maximum Gasteiger partial charge on any atom is 0.405 e. The van der Waals surface area contributed by atoms with Crippen molar-refractivity contribution in [1.82, 2.24) is 0 Å². The Hall–Kier alpha value is -1.37. The fraction of sp³-hybridized carbons (Fsp3) is 0.417. The number of hydrogen-bond acceptors (Lipinski definition) is 2. The first-order valence-electron chi connectivity index (χ1n) is 5.70. The fourth-order valence-electron chi connectivity index (χ4n) is 1.88. The van der Waals surface area contributed by atoms with Crippen LogP contribution in [0.4, 0.5) is 23.2 Å². The van der Waals surface area contributed by atoms with Crippen LogP contribution in [0.2, 0.25) is 0 Å². The molecule has 1 aliphatic rings. The molecule has 0 aliphatic heterocycles. The van der Waals surface area contributed by atoms with Crippen molar-refractivity contribution < 1.29 is 17.6 Å². The summed E-state index contributed by atoms with van der Waals surface area (Å²) in [5.74, 6) is -0.735. The van der Waals surface area contributed by atoms with Gasteiger partial charge in [0, 0.05) is 11.6 Å². The molecule has 1 aromatic carbocycles. The molecule has 2 N–H and O–H groups in total. The zero-order valence-corrected chi connectivity index (χ0v) is 10.7. The number of rotatable bonds is 4. The monoisotopic (exact) mass is 292 g/mol. The van der Waals surface area contributed by atoms with Gasteiger partial charge in [0.1, 0.15) is 17.4 Å². The fourth-order valence-corrected chi connectivity index (χ4v) is 2.01. The van der Waals surface area contributed by atoms with Crippen molar-refractivity contribution in [3.63, 3.8) is 0 Å². The molecule has 7 heteroatoms. The molecular weight excluding hydrogens is 280 g/mol. The van der Waals surface area contributed by atoms with E-state index in [0.717, 1.165) is 11.0 Å². The molecule has 0 unspecified atom stereocenters. The normalized spacial score (nSPS) is 15.4. The van der Waals surface area contributed by atoms with E-state index < -0.39 is 18.5 Å². The molecular formula is C12H12F4N2S. The third kappa shape index (κ3) is 3.56. The summed E-state index contributed by atoms with van der Waals surface area (Å²) in [4.78, 5) is 1.07. The molecule has 1 fully saturated rings. The number of anilines is 1. The Bertz CT molecular complexity index is 497. The summed E-state index contributed by atoms with van der Waals surface area (Å²) >= 11 is 4.70. The van der Waals surface area contributed by atoms with E-state index in [0.29, 0.717) is 18.4 Å². The molecule has 1 aliphatic carbocycles. The molecule has 0 aromatic heterocycles. The first kappa shape index (κ1) is 14.0. The van der Waals surface area contributed by atoms with Gasteiger partial charge in [-0.15, -0.1) is 0 Å². The predicted molar refractivity (Wildman–Crippen MR) is 68.7 cm³/mol. The largest absolute Gasteiger partial charge is 0.405 e. The number of nitrogens with zero attached hydrogens (tertiary/aromatic N) is 1. The molecule has 1 aromatic rings. The number of nitrogens with two attached hydrogens (primary N) is 1. The van der Waals surface area contributed by atoms with Crippen LogP contribution in [0.25, 0.3) is 0 Å². The van der Waals surface area contributed by atoms with Gasteiger partial charge < -0.3 is 10.6 Å². The number of alkyl halides is 3. The number of hydrogen-bond donors (Lipinski definition) is 1. The SMILES string of the molecule is NC(=S)c1ccc(N(CC(F)(F)F)C2CC2)c(F)c1. The summed E-state index contributed by atoms with van der Waals surface area (Å²) in [5.41, 5.74) is 5.60. The van der Waals surface area contributed by atoms with E-state index in [1.165, 1.54) is 12.1 Å². The lowest BCUT2D eigenvalue weighted by atomic mass is 10.1. The summed E-state index contributed by atoms with van der Waals surface area (Å²) in [6, 6.07) is 3.57. The van der Waals surface area contributed by atoms with Gasteiger partial charge >= 0.3 is 6.18 Å². The highest BCUT2D eigenvalue weighted by Crippen LogP contribution is 2.35. The molecule has 0 saturated heterocycles. The number of thiocarbonyl (C=S) groups is 1. The Kier molecular flexibility index (Phi) is 3.66. The summed E-state index contributed by atoms with van der Waals surface area (Å²) in [5, 5.41) is 0. The van der Waals surface area contributed by atoms with Crippen molar-refractivity contribution in [3.8, 4) is 0 Å². The average Bonchev–Trinajstić information content (AvgIpc) is 3.08. The molecule has 2 nitrogen and oxygen atoms in total. The first-order chi connectivity index (χ1) is 8.78. The van der Waals surface area contributed by atoms with Crippen molar-refractivity contribution in [3.05, 3.63) is 29.6 Å². The quantitative estimate of drug-likeness (QED) is 0.683. The van der Waals surface area contributed by atoms with Crippen molar-refractivity contribution in [2.24, 2.45) is 5.73 Å². The summed E-state index contributed by atoms with van der Waals surface area (Å²) in [6.07, 6.45) is -3.07. The zero-order valence-electron chi connectivity index (χ0n) is 9.88. The average molecular weight is 292 g/mol. The molecule has 104 valence electrons. The van der Waals surface area contributed by atoms with E-state index in [4.69, 9.17) is 18.0 Å². The Morgan fingerprint density at radius 1 is 1.37 bits per heavy atom. The van der Waals surface area contributed by atoms with Gasteiger partial charge in [0.05, 0.1) is 5.69 Å². The first-order valence-corrected chi connectivity index (χ1v) is 6.11. The van der Waals surface area contributed by atoms with Gasteiger partial charge in [0.25, 0.3) is 0 Å². The van der Waals surface area contributed by atoms with Crippen LogP contribution in [0.5, 0.6) is 0 Å². The van der Waals surface area contributed by atoms with Crippen LogP contribution in [-0.2, 0) is 0 Å². The molecule has 0 amide bonds. The minimum absolute atomic E-state index is 0.0132. The Balaban J connectivity index is 2.29. The topological polar surface area (TPSA) is 29.3 Å². The van der Waals surface area contributed by atoms with E-state index in [9.17, 15) is 17.6 Å². The minimum Gasteiger partial charge on any atom is -0.389 e. The molecule has 0 heterocycles. The second kappa shape index (κ2) is 4.96. The lowest BCUT2D eigenvalue weighted by Crippen LogP contribution is -2.36. The molecule has 1 saturated carbocycles. The second-order valence-corrected chi connectivity index (χ2v) is 4.94. The summed E-state index contributed by atoms with van der Waals surface area (Å²) in [7, 11) is 0. The van der Waals surface area contributed by atoms with Crippen LogP contribution in [0, 0.1) is 5.82 Å². The van der Waals surface area contributed by atoms with Crippen molar-refractivity contribution in [2.75, 3.05) is 11.4 Å². The van der Waals surface area contributed by atoms with Crippen molar-refractivity contribution in [1.29, 1.82) is 0 Å². The summed E-state index contributed by atoms with van der Waals surface area (Å²) < 4.78 is 51.4. The standard InChI is InChI=1S/C12H12F4N2S/c13-9-5-7(11(17)19)1-4-10(9)18(8-2-3-8)6-12(14,15)16/h1,4-5,8H,2-3,6H2,(H2,17,19). The molecule has 19 heavy (non-hydrogen) atoms. The van der Waals surface area contributed by atoms with Crippen molar-refractivity contribution in [2.45, 2.75) is 25.1 Å². The zero-order chi connectivity index (χ0) is 14.2.